The van der Waals surface area contributed by atoms with Gasteiger partial charge in [-0.2, -0.15) is 0 Å². The molecule has 1 aromatic rings. The van der Waals surface area contributed by atoms with Gasteiger partial charge < -0.3 is 0 Å². The Morgan fingerprint density at radius 3 is 2.19 bits per heavy atom. The molecule has 0 nitrogen and oxygen atoms in total. The molecule has 1 rings (SSSR count). The first-order chi connectivity index (χ1) is 7.53. The van der Waals surface area contributed by atoms with Crippen LogP contribution in [-0.4, -0.2) is 0 Å². The number of hydrogen-bond donors (Lipinski definition) is 0. The van der Waals surface area contributed by atoms with Crippen molar-refractivity contribution >= 4 is 15.9 Å². The summed E-state index contributed by atoms with van der Waals surface area (Å²) in [6.45, 7) is 6.61. The second-order valence-electron chi connectivity index (χ2n) is 4.69. The van der Waals surface area contributed by atoms with Crippen LogP contribution < -0.4 is 0 Å². The van der Waals surface area contributed by atoms with Crippen molar-refractivity contribution < 1.29 is 4.39 Å². The van der Waals surface area contributed by atoms with Gasteiger partial charge in [0.1, 0.15) is 5.82 Å². The SMILES string of the molecule is CCCC(C)(CCC)c1ccc(Br)c(F)c1. The lowest BCUT2D eigenvalue weighted by Crippen LogP contribution is -2.21. The second-order valence-corrected chi connectivity index (χ2v) is 5.54. The summed E-state index contributed by atoms with van der Waals surface area (Å²) in [6, 6.07) is 5.53. The average Bonchev–Trinajstić information content (AvgIpc) is 2.22. The Bertz CT molecular complexity index is 341. The Kier molecular flexibility index (Phi) is 4.97. The third-order valence-electron chi connectivity index (χ3n) is 3.22. The minimum absolute atomic E-state index is 0.116. The van der Waals surface area contributed by atoms with Gasteiger partial charge in [-0.1, -0.05) is 39.7 Å². The molecule has 0 bridgehead atoms. The number of halogens is 2. The van der Waals surface area contributed by atoms with Crippen molar-refractivity contribution in [3.63, 3.8) is 0 Å². The number of benzene rings is 1. The molecule has 0 heterocycles. The van der Waals surface area contributed by atoms with E-state index in [1.165, 1.54) is 0 Å². The van der Waals surface area contributed by atoms with Crippen molar-refractivity contribution in [2.75, 3.05) is 0 Å². The first kappa shape index (κ1) is 13.7. The van der Waals surface area contributed by atoms with Gasteiger partial charge >= 0.3 is 0 Å². The van der Waals surface area contributed by atoms with Crippen molar-refractivity contribution in [2.24, 2.45) is 0 Å². The lowest BCUT2D eigenvalue weighted by atomic mass is 9.75. The van der Waals surface area contributed by atoms with Crippen LogP contribution in [0, 0.1) is 5.82 Å². The molecule has 0 N–H and O–H groups in total. The van der Waals surface area contributed by atoms with Crippen molar-refractivity contribution in [3.05, 3.63) is 34.1 Å². The van der Waals surface area contributed by atoms with Crippen LogP contribution in [0.15, 0.2) is 22.7 Å². The summed E-state index contributed by atoms with van der Waals surface area (Å²) in [7, 11) is 0. The van der Waals surface area contributed by atoms with Gasteiger partial charge in [0.25, 0.3) is 0 Å². The Hall–Kier alpha value is -0.370. The van der Waals surface area contributed by atoms with Crippen molar-refractivity contribution in [1.29, 1.82) is 0 Å². The van der Waals surface area contributed by atoms with Gasteiger partial charge in [-0.05, 0) is 51.9 Å². The van der Waals surface area contributed by atoms with Crippen molar-refractivity contribution in [2.45, 2.75) is 51.9 Å². The zero-order chi connectivity index (χ0) is 12.2. The maximum Gasteiger partial charge on any atom is 0.137 e. The fourth-order valence-corrected chi connectivity index (χ4v) is 2.64. The molecule has 1 aromatic carbocycles. The maximum absolute atomic E-state index is 13.5. The standard InChI is InChI=1S/C14H20BrF/c1-4-8-14(3,9-5-2)11-6-7-12(15)13(16)10-11/h6-7,10H,4-5,8-9H2,1-3H3. The summed E-state index contributed by atoms with van der Waals surface area (Å²) in [5.74, 6) is -0.157. The summed E-state index contributed by atoms with van der Waals surface area (Å²) in [6.07, 6.45) is 4.49. The third kappa shape index (κ3) is 3.07. The predicted octanol–water partition coefficient (Wildman–Crippen LogP) is 5.45. The second kappa shape index (κ2) is 5.81. The summed E-state index contributed by atoms with van der Waals surface area (Å²) in [5, 5.41) is 0. The van der Waals surface area contributed by atoms with Gasteiger partial charge in [0.15, 0.2) is 0 Å². The van der Waals surface area contributed by atoms with Crippen LogP contribution in [0.4, 0.5) is 4.39 Å². The fourth-order valence-electron chi connectivity index (χ4n) is 2.39. The molecule has 0 saturated heterocycles. The van der Waals surface area contributed by atoms with Crippen molar-refractivity contribution in [3.8, 4) is 0 Å². The Balaban J connectivity index is 3.05. The summed E-state index contributed by atoms with van der Waals surface area (Å²) in [4.78, 5) is 0. The van der Waals surface area contributed by atoms with Crippen LogP contribution >= 0.6 is 15.9 Å². The van der Waals surface area contributed by atoms with Crippen LogP contribution in [0.5, 0.6) is 0 Å². The molecule has 90 valence electrons. The maximum atomic E-state index is 13.5. The first-order valence-corrected chi connectivity index (χ1v) is 6.78. The molecule has 0 atom stereocenters. The van der Waals surface area contributed by atoms with Crippen molar-refractivity contribution in [1.82, 2.24) is 0 Å². The topological polar surface area (TPSA) is 0 Å². The Morgan fingerprint density at radius 1 is 1.19 bits per heavy atom. The lowest BCUT2D eigenvalue weighted by Gasteiger charge is -2.30. The van der Waals surface area contributed by atoms with Gasteiger partial charge in [-0.25, -0.2) is 4.39 Å². The smallest absolute Gasteiger partial charge is 0.137 e. The molecular weight excluding hydrogens is 267 g/mol. The minimum Gasteiger partial charge on any atom is -0.206 e. The van der Waals surface area contributed by atoms with Crippen LogP contribution in [0.25, 0.3) is 0 Å². The first-order valence-electron chi connectivity index (χ1n) is 5.99. The highest BCUT2D eigenvalue weighted by Gasteiger charge is 2.25. The van der Waals surface area contributed by atoms with E-state index in [4.69, 9.17) is 0 Å². The summed E-state index contributed by atoms with van der Waals surface area (Å²) >= 11 is 3.20. The molecule has 16 heavy (non-hydrogen) atoms. The Labute approximate surface area is 106 Å². The van der Waals surface area contributed by atoms with E-state index in [-0.39, 0.29) is 11.2 Å². The molecule has 0 aromatic heterocycles. The van der Waals surface area contributed by atoms with E-state index in [9.17, 15) is 4.39 Å². The van der Waals surface area contributed by atoms with E-state index < -0.39 is 0 Å². The zero-order valence-corrected chi connectivity index (χ0v) is 11.9. The number of rotatable bonds is 5. The largest absolute Gasteiger partial charge is 0.206 e. The van der Waals surface area contributed by atoms with E-state index in [0.717, 1.165) is 31.2 Å². The molecule has 0 fully saturated rings. The van der Waals surface area contributed by atoms with E-state index >= 15 is 0 Å². The molecule has 0 saturated carbocycles. The van der Waals surface area contributed by atoms with E-state index in [2.05, 4.69) is 36.7 Å². The van der Waals surface area contributed by atoms with Gasteiger partial charge in [0.2, 0.25) is 0 Å². The molecular formula is C14H20BrF. The third-order valence-corrected chi connectivity index (χ3v) is 3.86. The predicted molar refractivity (Wildman–Crippen MR) is 71.3 cm³/mol. The Morgan fingerprint density at radius 2 is 1.75 bits per heavy atom. The van der Waals surface area contributed by atoms with E-state index in [0.29, 0.717) is 4.47 Å². The van der Waals surface area contributed by atoms with Gasteiger partial charge in [-0.3, -0.25) is 0 Å². The highest BCUT2D eigenvalue weighted by molar-refractivity contribution is 9.10. The molecule has 0 amide bonds. The molecule has 0 aliphatic heterocycles. The molecule has 2 heteroatoms. The molecule has 0 unspecified atom stereocenters. The molecule has 0 spiro atoms. The average molecular weight is 287 g/mol. The molecule has 0 aliphatic carbocycles. The summed E-state index contributed by atoms with van der Waals surface area (Å²) in [5.41, 5.74) is 1.24. The highest BCUT2D eigenvalue weighted by atomic mass is 79.9. The van der Waals surface area contributed by atoms with Gasteiger partial charge in [0, 0.05) is 0 Å². The number of hydrogen-bond acceptors (Lipinski definition) is 0. The molecule has 0 aliphatic rings. The van der Waals surface area contributed by atoms with Gasteiger partial charge in [-0.15, -0.1) is 0 Å². The monoisotopic (exact) mass is 286 g/mol. The van der Waals surface area contributed by atoms with Crippen LogP contribution in [0.2, 0.25) is 0 Å². The molecule has 0 radical (unpaired) electrons. The lowest BCUT2D eigenvalue weighted by molar-refractivity contribution is 0.390. The normalized spacial score (nSPS) is 11.8. The van der Waals surface area contributed by atoms with E-state index in [1.807, 2.05) is 12.1 Å². The van der Waals surface area contributed by atoms with Crippen LogP contribution in [-0.2, 0) is 5.41 Å². The summed E-state index contributed by atoms with van der Waals surface area (Å²) < 4.78 is 14.1. The fraction of sp³-hybridized carbons (Fsp3) is 0.571. The quantitative estimate of drug-likeness (QED) is 0.676. The zero-order valence-electron chi connectivity index (χ0n) is 10.3. The highest BCUT2D eigenvalue weighted by Crippen LogP contribution is 2.35. The van der Waals surface area contributed by atoms with Crippen LogP contribution in [0.1, 0.15) is 52.0 Å². The van der Waals surface area contributed by atoms with E-state index in [1.54, 1.807) is 6.07 Å². The van der Waals surface area contributed by atoms with Crippen LogP contribution in [0.3, 0.4) is 0 Å². The van der Waals surface area contributed by atoms with Gasteiger partial charge in [0.05, 0.1) is 4.47 Å². The minimum atomic E-state index is -0.157.